The van der Waals surface area contributed by atoms with Crippen LogP contribution in [0.2, 0.25) is 0 Å². The van der Waals surface area contributed by atoms with Gasteiger partial charge in [-0.1, -0.05) is 11.8 Å². The van der Waals surface area contributed by atoms with Crippen LogP contribution in [0, 0.1) is 11.8 Å². The Kier molecular flexibility index (Phi) is 5.73. The van der Waals surface area contributed by atoms with Crippen LogP contribution in [0.5, 0.6) is 0 Å². The number of aromatic nitrogens is 1. The molecule has 0 bridgehead atoms. The number of hydrogen-bond acceptors (Lipinski definition) is 3. The first kappa shape index (κ1) is 17.0. The summed E-state index contributed by atoms with van der Waals surface area (Å²) < 4.78 is 37.6. The molecule has 0 radical (unpaired) electrons. The van der Waals surface area contributed by atoms with Crippen molar-refractivity contribution in [2.24, 2.45) is 5.73 Å². The second-order valence-electron chi connectivity index (χ2n) is 4.61. The largest absolute Gasteiger partial charge is 0.406 e. The molecular weight excluding hydrogens is 283 g/mol. The van der Waals surface area contributed by atoms with E-state index in [1.54, 1.807) is 0 Å². The van der Waals surface area contributed by atoms with E-state index in [9.17, 15) is 18.0 Å². The molecule has 0 unspecified atom stereocenters. The van der Waals surface area contributed by atoms with Crippen molar-refractivity contribution in [3.63, 3.8) is 0 Å². The molecule has 0 aliphatic rings. The monoisotopic (exact) mass is 299 g/mol. The van der Waals surface area contributed by atoms with Gasteiger partial charge < -0.3 is 10.6 Å². The molecule has 0 fully saturated rings. The number of carbonyl (C=O) groups is 1. The highest BCUT2D eigenvalue weighted by molar-refractivity contribution is 5.94. The van der Waals surface area contributed by atoms with E-state index in [0.717, 1.165) is 4.90 Å². The van der Waals surface area contributed by atoms with Crippen molar-refractivity contribution < 1.29 is 18.0 Å². The zero-order chi connectivity index (χ0) is 16.0. The number of hydrogen-bond donors (Lipinski definition) is 1. The van der Waals surface area contributed by atoms with E-state index in [1.807, 2.05) is 0 Å². The summed E-state index contributed by atoms with van der Waals surface area (Å²) in [5, 5.41) is 0. The lowest BCUT2D eigenvalue weighted by atomic mass is 10.1. The van der Waals surface area contributed by atoms with E-state index in [-0.39, 0.29) is 12.1 Å². The molecule has 21 heavy (non-hydrogen) atoms. The topological polar surface area (TPSA) is 59.2 Å². The third-order valence-electron chi connectivity index (χ3n) is 2.55. The quantitative estimate of drug-likeness (QED) is 0.866. The van der Waals surface area contributed by atoms with E-state index in [1.165, 1.54) is 32.3 Å². The van der Waals surface area contributed by atoms with E-state index < -0.39 is 24.7 Å². The van der Waals surface area contributed by atoms with Gasteiger partial charge >= 0.3 is 6.18 Å². The first-order valence-electron chi connectivity index (χ1n) is 6.26. The summed E-state index contributed by atoms with van der Waals surface area (Å²) in [5.74, 6) is 4.55. The third-order valence-corrected chi connectivity index (χ3v) is 2.55. The molecule has 0 aliphatic carbocycles. The van der Waals surface area contributed by atoms with Crippen LogP contribution in [0.4, 0.5) is 13.2 Å². The molecule has 7 heteroatoms. The van der Waals surface area contributed by atoms with Crippen LogP contribution in [-0.2, 0) is 0 Å². The second kappa shape index (κ2) is 7.09. The summed E-state index contributed by atoms with van der Waals surface area (Å²) in [4.78, 5) is 16.8. The Hall–Kier alpha value is -2.07. The van der Waals surface area contributed by atoms with Crippen LogP contribution in [0.25, 0.3) is 0 Å². The molecule has 114 valence electrons. The summed E-state index contributed by atoms with van der Waals surface area (Å²) in [6.07, 6.45) is -1.81. The van der Waals surface area contributed by atoms with Crippen LogP contribution in [0.1, 0.15) is 29.8 Å². The van der Waals surface area contributed by atoms with Crippen molar-refractivity contribution >= 4 is 5.91 Å². The van der Waals surface area contributed by atoms with Gasteiger partial charge in [0, 0.05) is 24.0 Å². The molecule has 0 spiro atoms. The zero-order valence-corrected chi connectivity index (χ0v) is 11.7. The van der Waals surface area contributed by atoms with Gasteiger partial charge in [0.1, 0.15) is 6.54 Å². The van der Waals surface area contributed by atoms with Gasteiger partial charge in [0.25, 0.3) is 5.91 Å². The first-order valence-corrected chi connectivity index (χ1v) is 6.26. The smallest absolute Gasteiger partial charge is 0.327 e. The molecule has 0 aliphatic heterocycles. The first-order chi connectivity index (χ1) is 9.74. The van der Waals surface area contributed by atoms with Crippen molar-refractivity contribution in [2.45, 2.75) is 26.1 Å². The summed E-state index contributed by atoms with van der Waals surface area (Å²) in [5.41, 5.74) is 5.74. The molecule has 0 aromatic carbocycles. The van der Waals surface area contributed by atoms with Gasteiger partial charge in [0.05, 0.1) is 12.1 Å². The van der Waals surface area contributed by atoms with Crippen molar-refractivity contribution in [3.05, 3.63) is 29.6 Å². The average molecular weight is 299 g/mol. The number of nitrogens with two attached hydrogens (primary N) is 1. The van der Waals surface area contributed by atoms with E-state index in [2.05, 4.69) is 16.8 Å². The number of carbonyl (C=O) groups excluding carboxylic acids is 1. The van der Waals surface area contributed by atoms with Crippen LogP contribution in [0.3, 0.4) is 0 Å². The Labute approximate surface area is 121 Å². The molecule has 1 rings (SSSR count). The van der Waals surface area contributed by atoms with Crippen LogP contribution in [0.15, 0.2) is 18.5 Å². The highest BCUT2D eigenvalue weighted by Crippen LogP contribution is 2.20. The van der Waals surface area contributed by atoms with Crippen molar-refractivity contribution in [2.75, 3.05) is 13.1 Å². The van der Waals surface area contributed by atoms with Crippen molar-refractivity contribution in [1.29, 1.82) is 0 Å². The molecule has 1 aromatic rings. The molecule has 1 amide bonds. The fourth-order valence-electron chi connectivity index (χ4n) is 1.63. The van der Waals surface area contributed by atoms with Crippen LogP contribution < -0.4 is 5.73 Å². The van der Waals surface area contributed by atoms with Gasteiger partial charge in [-0.3, -0.25) is 9.78 Å². The number of rotatable bonds is 3. The molecule has 2 N–H and O–H groups in total. The highest BCUT2D eigenvalue weighted by Gasteiger charge is 2.34. The minimum atomic E-state index is -4.45. The second-order valence-corrected chi connectivity index (χ2v) is 4.61. The maximum atomic E-state index is 12.5. The lowest BCUT2D eigenvalue weighted by Crippen LogP contribution is -2.43. The maximum Gasteiger partial charge on any atom is 0.406 e. The van der Waals surface area contributed by atoms with Gasteiger partial charge in [-0.05, 0) is 19.9 Å². The minimum Gasteiger partial charge on any atom is -0.327 e. The normalized spacial score (nSPS) is 11.0. The summed E-state index contributed by atoms with van der Waals surface area (Å²) in [7, 11) is 0. The van der Waals surface area contributed by atoms with Gasteiger partial charge in [-0.2, -0.15) is 13.2 Å². The summed E-state index contributed by atoms with van der Waals surface area (Å²) in [6.45, 7) is 1.89. The fraction of sp³-hybridized carbons (Fsp3) is 0.429. The predicted molar refractivity (Wildman–Crippen MR) is 72.4 cm³/mol. The fourth-order valence-corrected chi connectivity index (χ4v) is 1.63. The lowest BCUT2D eigenvalue weighted by Gasteiger charge is -2.27. The number of amides is 1. The molecule has 1 heterocycles. The molecule has 0 atom stereocenters. The molecule has 0 saturated carbocycles. The summed E-state index contributed by atoms with van der Waals surface area (Å²) >= 11 is 0. The lowest BCUT2D eigenvalue weighted by molar-refractivity contribution is -0.143. The van der Waals surface area contributed by atoms with E-state index in [0.29, 0.717) is 5.56 Å². The Morgan fingerprint density at radius 3 is 2.62 bits per heavy atom. The molecule has 1 aromatic heterocycles. The van der Waals surface area contributed by atoms with Gasteiger partial charge in [0.2, 0.25) is 0 Å². The van der Waals surface area contributed by atoms with Gasteiger partial charge in [-0.25, -0.2) is 0 Å². The Balaban J connectivity index is 3.04. The van der Waals surface area contributed by atoms with E-state index >= 15 is 0 Å². The van der Waals surface area contributed by atoms with E-state index in [4.69, 9.17) is 5.73 Å². The number of pyridine rings is 1. The number of nitrogens with zero attached hydrogens (tertiary/aromatic N) is 2. The van der Waals surface area contributed by atoms with Crippen molar-refractivity contribution in [3.8, 4) is 11.8 Å². The Morgan fingerprint density at radius 2 is 2.10 bits per heavy atom. The highest BCUT2D eigenvalue weighted by atomic mass is 19.4. The number of alkyl halides is 3. The van der Waals surface area contributed by atoms with Crippen molar-refractivity contribution in [1.82, 2.24) is 9.88 Å². The standard InChI is InChI=1S/C14H16F3N3O/c1-10(2)20(9-14(15,16)17)13(21)12-6-11(4-3-5-18)7-19-8-12/h6-8,10H,5,9,18H2,1-2H3. The molecule has 0 saturated heterocycles. The zero-order valence-electron chi connectivity index (χ0n) is 11.7. The molecule has 4 nitrogen and oxygen atoms in total. The third kappa shape index (κ3) is 5.44. The number of halogens is 3. The van der Waals surface area contributed by atoms with Crippen LogP contribution in [-0.4, -0.2) is 41.1 Å². The Bertz CT molecular complexity index is 559. The predicted octanol–water partition coefficient (Wildman–Crippen LogP) is 1.80. The average Bonchev–Trinajstić information content (AvgIpc) is 2.41. The van der Waals surface area contributed by atoms with Gasteiger partial charge in [-0.15, -0.1) is 0 Å². The SMILES string of the molecule is CC(C)N(CC(F)(F)F)C(=O)c1cncc(C#CCN)c1. The minimum absolute atomic E-state index is 0.0665. The van der Waals surface area contributed by atoms with Crippen LogP contribution >= 0.6 is 0 Å². The maximum absolute atomic E-state index is 12.5. The Morgan fingerprint density at radius 1 is 1.43 bits per heavy atom. The molecular formula is C14H16F3N3O. The van der Waals surface area contributed by atoms with Gasteiger partial charge in [0.15, 0.2) is 0 Å². The summed E-state index contributed by atoms with van der Waals surface area (Å²) in [6, 6.07) is 0.821.